The second kappa shape index (κ2) is 16.1. The first-order valence-corrected chi connectivity index (χ1v) is 18.1. The standard InChI is InChI=1S/C39H53N5O6/c1-25(43(5)38(49)50-39(2,3)4)34(45)42-33(27-16-8-6-9-17-27)37(48)44-24-29(40-35(46)28-18-10-7-11-19-28)23-32(44)36(47)41-31-22-14-20-26-15-12-13-21-30(26)31/h7,10-13,15,18-19,21,25,27,29,31-33H,6,8-9,14,16-17,20,22-24H2,1-5H3,(H,40,46)(H,41,47)(H,42,45)/t25-,29-,31+,32-,33-/m0/s1. The fraction of sp³-hybridized carbons (Fsp3) is 0.564. The Hall–Kier alpha value is -4.41. The number of nitrogens with zero attached hydrogens (tertiary/aromatic N) is 2. The highest BCUT2D eigenvalue weighted by Crippen LogP contribution is 2.32. The van der Waals surface area contributed by atoms with E-state index in [0.717, 1.165) is 56.9 Å². The minimum Gasteiger partial charge on any atom is -0.444 e. The van der Waals surface area contributed by atoms with E-state index in [1.165, 1.54) is 17.5 Å². The Morgan fingerprint density at radius 1 is 0.880 bits per heavy atom. The first-order valence-electron chi connectivity index (χ1n) is 18.1. The summed E-state index contributed by atoms with van der Waals surface area (Å²) >= 11 is 0. The number of aryl methyl sites for hydroxylation is 1. The number of carbonyl (C=O) groups is 5. The zero-order chi connectivity index (χ0) is 36.0. The second-order valence-corrected chi connectivity index (χ2v) is 15.1. The summed E-state index contributed by atoms with van der Waals surface area (Å²) in [5.41, 5.74) is 2.06. The van der Waals surface area contributed by atoms with E-state index in [1.807, 2.05) is 24.3 Å². The summed E-state index contributed by atoms with van der Waals surface area (Å²) in [7, 11) is 1.50. The average molecular weight is 688 g/mol. The number of benzene rings is 2. The van der Waals surface area contributed by atoms with Gasteiger partial charge in [-0.25, -0.2) is 4.79 Å². The van der Waals surface area contributed by atoms with Crippen LogP contribution in [0.25, 0.3) is 0 Å². The number of likely N-dealkylation sites (tertiary alicyclic amines) is 1. The maximum Gasteiger partial charge on any atom is 0.410 e. The molecular weight excluding hydrogens is 634 g/mol. The van der Waals surface area contributed by atoms with Crippen molar-refractivity contribution in [2.75, 3.05) is 13.6 Å². The molecule has 1 heterocycles. The van der Waals surface area contributed by atoms with Crippen LogP contribution in [0.5, 0.6) is 0 Å². The highest BCUT2D eigenvalue weighted by Gasteiger charge is 2.45. The van der Waals surface area contributed by atoms with Gasteiger partial charge in [-0.3, -0.25) is 24.1 Å². The van der Waals surface area contributed by atoms with Gasteiger partial charge < -0.3 is 25.6 Å². The predicted octanol–water partition coefficient (Wildman–Crippen LogP) is 4.90. The molecular formula is C39H53N5O6. The van der Waals surface area contributed by atoms with Gasteiger partial charge in [-0.15, -0.1) is 0 Å². The van der Waals surface area contributed by atoms with Gasteiger partial charge in [0.15, 0.2) is 0 Å². The van der Waals surface area contributed by atoms with E-state index in [9.17, 15) is 24.0 Å². The van der Waals surface area contributed by atoms with Crippen molar-refractivity contribution >= 4 is 29.7 Å². The molecule has 5 atom stereocenters. The molecule has 2 aromatic carbocycles. The summed E-state index contributed by atoms with van der Waals surface area (Å²) in [5.74, 6) is -1.51. The first kappa shape index (κ1) is 36.9. The van der Waals surface area contributed by atoms with Crippen LogP contribution in [0.1, 0.15) is 107 Å². The van der Waals surface area contributed by atoms with Crippen LogP contribution in [0.15, 0.2) is 54.6 Å². The lowest BCUT2D eigenvalue weighted by atomic mass is 9.83. The van der Waals surface area contributed by atoms with Crippen LogP contribution < -0.4 is 16.0 Å². The summed E-state index contributed by atoms with van der Waals surface area (Å²) in [6.07, 6.45) is 6.71. The fourth-order valence-corrected chi connectivity index (χ4v) is 7.43. The van der Waals surface area contributed by atoms with Crippen LogP contribution in [0.2, 0.25) is 0 Å². The van der Waals surface area contributed by atoms with Crippen molar-refractivity contribution in [2.45, 2.75) is 121 Å². The van der Waals surface area contributed by atoms with Gasteiger partial charge in [-0.1, -0.05) is 61.7 Å². The molecule has 11 nitrogen and oxygen atoms in total. The molecule has 1 saturated carbocycles. The minimum atomic E-state index is -0.911. The summed E-state index contributed by atoms with van der Waals surface area (Å²) in [6, 6.07) is 13.7. The average Bonchev–Trinajstić information content (AvgIpc) is 3.53. The molecule has 2 aliphatic carbocycles. The Morgan fingerprint density at radius 3 is 2.26 bits per heavy atom. The van der Waals surface area contributed by atoms with E-state index in [0.29, 0.717) is 5.56 Å². The fourth-order valence-electron chi connectivity index (χ4n) is 7.43. The van der Waals surface area contributed by atoms with Gasteiger partial charge in [0.05, 0.1) is 6.04 Å². The van der Waals surface area contributed by atoms with Crippen molar-refractivity contribution in [1.29, 1.82) is 0 Å². The molecule has 50 heavy (non-hydrogen) atoms. The molecule has 0 radical (unpaired) electrons. The first-order chi connectivity index (χ1) is 23.8. The normalized spacial score (nSPS) is 22.0. The number of fused-ring (bicyclic) bond motifs is 1. The van der Waals surface area contributed by atoms with Crippen molar-refractivity contribution in [3.8, 4) is 0 Å². The van der Waals surface area contributed by atoms with Gasteiger partial charge in [0.1, 0.15) is 23.7 Å². The highest BCUT2D eigenvalue weighted by molar-refractivity contribution is 5.96. The lowest BCUT2D eigenvalue weighted by Crippen LogP contribution is -2.59. The molecule has 270 valence electrons. The van der Waals surface area contributed by atoms with E-state index >= 15 is 0 Å². The Bertz CT molecular complexity index is 1530. The number of nitrogens with one attached hydrogen (secondary N) is 3. The SMILES string of the molecule is C[C@@H](C(=O)N[C@H](C(=O)N1C[C@@H](NC(=O)c2ccccc2)C[C@H]1C(=O)N[C@@H]1CCCc2ccccc21)C1CCCCC1)N(C)C(=O)OC(C)(C)C. The minimum absolute atomic E-state index is 0.128. The smallest absolute Gasteiger partial charge is 0.410 e. The zero-order valence-electron chi connectivity index (χ0n) is 30.1. The highest BCUT2D eigenvalue weighted by atomic mass is 16.6. The predicted molar refractivity (Wildman–Crippen MR) is 190 cm³/mol. The molecule has 3 aliphatic rings. The molecule has 3 N–H and O–H groups in total. The molecule has 5 amide bonds. The van der Waals surface area contributed by atoms with Crippen molar-refractivity contribution in [1.82, 2.24) is 25.8 Å². The number of ether oxygens (including phenoxy) is 1. The third kappa shape index (κ3) is 9.03. The lowest BCUT2D eigenvalue weighted by molar-refractivity contribution is -0.143. The van der Waals surface area contributed by atoms with Crippen LogP contribution in [0.4, 0.5) is 4.79 Å². The summed E-state index contributed by atoms with van der Waals surface area (Å²) < 4.78 is 5.47. The van der Waals surface area contributed by atoms with E-state index < -0.39 is 41.8 Å². The van der Waals surface area contributed by atoms with Crippen LogP contribution >= 0.6 is 0 Å². The van der Waals surface area contributed by atoms with Crippen LogP contribution in [0.3, 0.4) is 0 Å². The molecule has 1 saturated heterocycles. The Kier molecular flexibility index (Phi) is 11.9. The number of hydrogen-bond donors (Lipinski definition) is 3. The van der Waals surface area contributed by atoms with Gasteiger partial charge in [0, 0.05) is 25.2 Å². The van der Waals surface area contributed by atoms with Gasteiger partial charge in [0.2, 0.25) is 17.7 Å². The maximum atomic E-state index is 14.7. The number of amides is 5. The van der Waals surface area contributed by atoms with E-state index in [-0.39, 0.29) is 42.6 Å². The zero-order valence-corrected chi connectivity index (χ0v) is 30.1. The molecule has 0 spiro atoms. The molecule has 0 unspecified atom stereocenters. The van der Waals surface area contributed by atoms with E-state index in [1.54, 1.807) is 56.9 Å². The Morgan fingerprint density at radius 2 is 1.56 bits per heavy atom. The maximum absolute atomic E-state index is 14.7. The van der Waals surface area contributed by atoms with Crippen molar-refractivity contribution < 1.29 is 28.7 Å². The van der Waals surface area contributed by atoms with Crippen molar-refractivity contribution in [2.24, 2.45) is 5.92 Å². The molecule has 2 aromatic rings. The summed E-state index contributed by atoms with van der Waals surface area (Å²) in [5, 5.41) is 9.29. The summed E-state index contributed by atoms with van der Waals surface area (Å²) in [4.78, 5) is 71.4. The number of likely N-dealkylation sites (N-methyl/N-ethyl adjacent to an activating group) is 1. The Labute approximate surface area is 295 Å². The van der Waals surface area contributed by atoms with E-state index in [2.05, 4.69) is 22.0 Å². The van der Waals surface area contributed by atoms with E-state index in [4.69, 9.17) is 4.74 Å². The third-order valence-corrected chi connectivity index (χ3v) is 10.3. The molecule has 5 rings (SSSR count). The van der Waals surface area contributed by atoms with Gasteiger partial charge in [-0.2, -0.15) is 0 Å². The lowest BCUT2D eigenvalue weighted by Gasteiger charge is -2.36. The van der Waals surface area contributed by atoms with Crippen molar-refractivity contribution in [3.63, 3.8) is 0 Å². The molecule has 2 fully saturated rings. The van der Waals surface area contributed by atoms with Crippen LogP contribution in [-0.4, -0.2) is 82.9 Å². The van der Waals surface area contributed by atoms with Gasteiger partial charge in [-0.05, 0) is 95.4 Å². The van der Waals surface area contributed by atoms with Crippen LogP contribution in [-0.2, 0) is 25.5 Å². The molecule has 0 bridgehead atoms. The van der Waals surface area contributed by atoms with Gasteiger partial charge in [0.25, 0.3) is 5.91 Å². The van der Waals surface area contributed by atoms with Crippen LogP contribution in [0, 0.1) is 5.92 Å². The topological polar surface area (TPSA) is 137 Å². The molecule has 0 aromatic heterocycles. The van der Waals surface area contributed by atoms with Gasteiger partial charge >= 0.3 is 6.09 Å². The molecule has 11 heteroatoms. The monoisotopic (exact) mass is 687 g/mol. The number of rotatable bonds is 9. The van der Waals surface area contributed by atoms with Crippen molar-refractivity contribution in [3.05, 3.63) is 71.3 Å². The number of hydrogen-bond acceptors (Lipinski definition) is 6. The second-order valence-electron chi connectivity index (χ2n) is 15.1. The largest absolute Gasteiger partial charge is 0.444 e. The number of carbonyl (C=O) groups excluding carboxylic acids is 5. The third-order valence-electron chi connectivity index (χ3n) is 10.3. The Balaban J connectivity index is 1.39. The summed E-state index contributed by atoms with van der Waals surface area (Å²) in [6.45, 7) is 7.00. The molecule has 1 aliphatic heterocycles. The quantitative estimate of drug-likeness (QED) is 0.343.